The first kappa shape index (κ1) is 15.2. The topological polar surface area (TPSA) is 44.3 Å². The SMILES string of the molecule is OCCNC(S)NCc1c(F)c(F)cc(F)c1F. The Balaban J connectivity index is 2.73. The fraction of sp³-hybridized carbons (Fsp3) is 0.400. The first-order chi connectivity index (χ1) is 8.47. The maximum absolute atomic E-state index is 13.2. The molecule has 0 aromatic heterocycles. The van der Waals surface area contributed by atoms with Gasteiger partial charge in [-0.15, -0.1) is 12.6 Å². The Kier molecular flexibility index (Phi) is 5.86. The van der Waals surface area contributed by atoms with Gasteiger partial charge in [-0.3, -0.25) is 10.6 Å². The summed E-state index contributed by atoms with van der Waals surface area (Å²) in [6.07, 6.45) is 0. The second-order valence-electron chi connectivity index (χ2n) is 3.41. The highest BCUT2D eigenvalue weighted by molar-refractivity contribution is 7.80. The summed E-state index contributed by atoms with van der Waals surface area (Å²) in [6, 6.07) is 0.149. The average molecular weight is 284 g/mol. The zero-order chi connectivity index (χ0) is 13.7. The van der Waals surface area contributed by atoms with E-state index in [1.807, 2.05) is 0 Å². The largest absolute Gasteiger partial charge is 0.395 e. The van der Waals surface area contributed by atoms with Gasteiger partial charge < -0.3 is 5.11 Å². The summed E-state index contributed by atoms with van der Waals surface area (Å²) < 4.78 is 52.2. The third-order valence-electron chi connectivity index (χ3n) is 2.12. The van der Waals surface area contributed by atoms with E-state index in [0.717, 1.165) is 0 Å². The summed E-state index contributed by atoms with van der Waals surface area (Å²) >= 11 is 3.95. The van der Waals surface area contributed by atoms with Crippen LogP contribution in [0.1, 0.15) is 5.56 Å². The number of benzene rings is 1. The molecule has 0 aliphatic heterocycles. The lowest BCUT2D eigenvalue weighted by atomic mass is 10.2. The van der Waals surface area contributed by atoms with Crippen molar-refractivity contribution in [3.8, 4) is 0 Å². The van der Waals surface area contributed by atoms with E-state index < -0.39 is 40.9 Å². The van der Waals surface area contributed by atoms with E-state index in [1.54, 1.807) is 0 Å². The van der Waals surface area contributed by atoms with Crippen molar-refractivity contribution < 1.29 is 22.7 Å². The van der Waals surface area contributed by atoms with E-state index in [4.69, 9.17) is 5.11 Å². The van der Waals surface area contributed by atoms with Crippen molar-refractivity contribution in [1.29, 1.82) is 0 Å². The Morgan fingerprint density at radius 2 is 1.67 bits per heavy atom. The van der Waals surface area contributed by atoms with Gasteiger partial charge >= 0.3 is 0 Å². The molecule has 1 aromatic rings. The van der Waals surface area contributed by atoms with Gasteiger partial charge in [0, 0.05) is 24.7 Å². The van der Waals surface area contributed by atoms with Crippen molar-refractivity contribution in [2.75, 3.05) is 13.2 Å². The Hall–Kier alpha value is -0.830. The number of thiol groups is 1. The lowest BCUT2D eigenvalue weighted by Crippen LogP contribution is -2.39. The second-order valence-corrected chi connectivity index (χ2v) is 3.92. The van der Waals surface area contributed by atoms with Crippen molar-refractivity contribution in [2.45, 2.75) is 12.0 Å². The molecule has 0 radical (unpaired) electrons. The Labute approximate surface area is 107 Å². The molecule has 0 fully saturated rings. The number of aliphatic hydroxyl groups excluding tert-OH is 1. The van der Waals surface area contributed by atoms with Crippen LogP contribution in [0.4, 0.5) is 17.6 Å². The molecule has 0 saturated heterocycles. The van der Waals surface area contributed by atoms with Crippen molar-refractivity contribution in [1.82, 2.24) is 10.6 Å². The van der Waals surface area contributed by atoms with Crippen LogP contribution in [-0.4, -0.2) is 23.8 Å². The number of halogens is 4. The van der Waals surface area contributed by atoms with E-state index in [9.17, 15) is 17.6 Å². The van der Waals surface area contributed by atoms with Gasteiger partial charge in [0.05, 0.1) is 6.61 Å². The number of nitrogens with one attached hydrogen (secondary N) is 2. The van der Waals surface area contributed by atoms with Crippen molar-refractivity contribution >= 4 is 12.6 Å². The van der Waals surface area contributed by atoms with Crippen LogP contribution in [0.15, 0.2) is 6.07 Å². The van der Waals surface area contributed by atoms with Gasteiger partial charge in [-0.2, -0.15) is 0 Å². The molecular formula is C10H12F4N2OS. The number of hydrogen-bond donors (Lipinski definition) is 4. The monoisotopic (exact) mass is 284 g/mol. The molecule has 0 spiro atoms. The van der Waals surface area contributed by atoms with Gasteiger partial charge in [-0.25, -0.2) is 17.6 Å². The van der Waals surface area contributed by atoms with Gasteiger partial charge in [-0.1, -0.05) is 0 Å². The summed E-state index contributed by atoms with van der Waals surface area (Å²) in [7, 11) is 0. The van der Waals surface area contributed by atoms with E-state index in [1.165, 1.54) is 0 Å². The van der Waals surface area contributed by atoms with E-state index in [0.29, 0.717) is 0 Å². The molecule has 0 bridgehead atoms. The second kappa shape index (κ2) is 6.93. The van der Waals surface area contributed by atoms with Crippen molar-refractivity contribution in [3.05, 3.63) is 34.9 Å². The Bertz CT molecular complexity index is 393. The fourth-order valence-corrected chi connectivity index (χ4v) is 1.47. The minimum absolute atomic E-state index is 0.143. The van der Waals surface area contributed by atoms with Crippen LogP contribution in [0.25, 0.3) is 0 Å². The van der Waals surface area contributed by atoms with Gasteiger partial charge in [0.1, 0.15) is 5.50 Å². The molecule has 0 aliphatic carbocycles. The van der Waals surface area contributed by atoms with Gasteiger partial charge in [0.25, 0.3) is 0 Å². The zero-order valence-corrected chi connectivity index (χ0v) is 10.1. The predicted octanol–water partition coefficient (Wildman–Crippen LogP) is 1.13. The minimum Gasteiger partial charge on any atom is -0.395 e. The molecule has 3 N–H and O–H groups in total. The number of rotatable bonds is 6. The molecule has 1 aromatic carbocycles. The molecule has 8 heteroatoms. The van der Waals surface area contributed by atoms with E-state index in [2.05, 4.69) is 23.3 Å². The molecule has 18 heavy (non-hydrogen) atoms. The average Bonchev–Trinajstić information content (AvgIpc) is 2.34. The maximum Gasteiger partial charge on any atom is 0.166 e. The molecule has 0 amide bonds. The Morgan fingerprint density at radius 3 is 2.17 bits per heavy atom. The van der Waals surface area contributed by atoms with Crippen molar-refractivity contribution in [2.24, 2.45) is 0 Å². The van der Waals surface area contributed by atoms with Gasteiger partial charge in [0.2, 0.25) is 0 Å². The normalized spacial score (nSPS) is 12.8. The fourth-order valence-electron chi connectivity index (χ4n) is 1.25. The van der Waals surface area contributed by atoms with Crippen LogP contribution < -0.4 is 10.6 Å². The Morgan fingerprint density at radius 1 is 1.11 bits per heavy atom. The number of aliphatic hydroxyl groups is 1. The van der Waals surface area contributed by atoms with Gasteiger partial charge in [-0.05, 0) is 0 Å². The number of hydrogen-bond acceptors (Lipinski definition) is 4. The molecule has 0 heterocycles. The third-order valence-corrected chi connectivity index (χ3v) is 2.49. The highest BCUT2D eigenvalue weighted by atomic mass is 32.1. The summed E-state index contributed by atoms with van der Waals surface area (Å²) in [6.45, 7) is -0.376. The first-order valence-electron chi connectivity index (χ1n) is 5.05. The standard InChI is InChI=1S/C10H12F4N2OS/c11-6-3-7(12)9(14)5(8(6)13)4-16-10(18)15-1-2-17/h3,10,15-18H,1-2,4H2. The minimum atomic E-state index is -1.45. The van der Waals surface area contributed by atoms with Crippen LogP contribution in [0.2, 0.25) is 0 Å². The lowest BCUT2D eigenvalue weighted by Gasteiger charge is -2.15. The summed E-state index contributed by atoms with van der Waals surface area (Å²) in [5.74, 6) is -5.79. The molecular weight excluding hydrogens is 272 g/mol. The van der Waals surface area contributed by atoms with Crippen LogP contribution >= 0.6 is 12.6 Å². The van der Waals surface area contributed by atoms with Crippen LogP contribution in [0, 0.1) is 23.3 Å². The molecule has 1 rings (SSSR count). The molecule has 1 unspecified atom stereocenters. The highest BCUT2D eigenvalue weighted by Gasteiger charge is 2.19. The molecule has 0 saturated carbocycles. The predicted molar refractivity (Wildman–Crippen MR) is 61.0 cm³/mol. The highest BCUT2D eigenvalue weighted by Crippen LogP contribution is 2.19. The van der Waals surface area contributed by atoms with Crippen molar-refractivity contribution in [3.63, 3.8) is 0 Å². The smallest absolute Gasteiger partial charge is 0.166 e. The van der Waals surface area contributed by atoms with Crippen LogP contribution in [0.3, 0.4) is 0 Å². The molecule has 0 aliphatic rings. The third kappa shape index (κ3) is 3.84. The maximum atomic E-state index is 13.2. The lowest BCUT2D eigenvalue weighted by molar-refractivity contribution is 0.287. The van der Waals surface area contributed by atoms with Crippen LogP contribution in [0.5, 0.6) is 0 Å². The van der Waals surface area contributed by atoms with Crippen LogP contribution in [-0.2, 0) is 6.54 Å². The summed E-state index contributed by atoms with van der Waals surface area (Å²) in [5.41, 5.74) is -1.42. The summed E-state index contributed by atoms with van der Waals surface area (Å²) in [5, 5.41) is 13.7. The first-order valence-corrected chi connectivity index (χ1v) is 5.56. The van der Waals surface area contributed by atoms with E-state index in [-0.39, 0.29) is 19.2 Å². The van der Waals surface area contributed by atoms with Gasteiger partial charge in [0.15, 0.2) is 23.3 Å². The summed E-state index contributed by atoms with van der Waals surface area (Å²) in [4.78, 5) is 0. The quantitative estimate of drug-likeness (QED) is 0.274. The zero-order valence-electron chi connectivity index (χ0n) is 9.18. The molecule has 102 valence electrons. The molecule has 3 nitrogen and oxygen atoms in total. The van der Waals surface area contributed by atoms with E-state index >= 15 is 0 Å². The molecule has 1 atom stereocenters.